The molecule has 1 aromatic carbocycles. The highest BCUT2D eigenvalue weighted by atomic mass is 32.2. The molecule has 0 spiro atoms. The van der Waals surface area contributed by atoms with Crippen molar-refractivity contribution in [2.45, 2.75) is 0 Å². The van der Waals surface area contributed by atoms with Crippen molar-refractivity contribution < 1.29 is 8.42 Å². The molecule has 16 heavy (non-hydrogen) atoms. The Kier molecular flexibility index (Phi) is 2.96. The minimum Gasteiger partial charge on any atom is -0.355 e. The summed E-state index contributed by atoms with van der Waals surface area (Å²) in [5.74, 6) is 0.722. The van der Waals surface area contributed by atoms with Crippen molar-refractivity contribution >= 4 is 15.7 Å². The van der Waals surface area contributed by atoms with Gasteiger partial charge < -0.3 is 4.90 Å². The van der Waals surface area contributed by atoms with E-state index in [-0.39, 0.29) is 11.5 Å². The summed E-state index contributed by atoms with van der Waals surface area (Å²) in [4.78, 5) is 1.82. The Bertz CT molecular complexity index is 468. The van der Waals surface area contributed by atoms with Crippen LogP contribution in [0.5, 0.6) is 0 Å². The molecule has 0 unspecified atom stereocenters. The normalized spacial score (nSPS) is 19.4. The average Bonchev–Trinajstić information content (AvgIpc) is 2.29. The zero-order valence-corrected chi connectivity index (χ0v) is 9.70. The Morgan fingerprint density at radius 1 is 1.12 bits per heavy atom. The summed E-state index contributed by atoms with van der Waals surface area (Å²) in [7, 11) is -2.87. The van der Waals surface area contributed by atoms with E-state index in [9.17, 15) is 8.42 Å². The van der Waals surface area contributed by atoms with Crippen molar-refractivity contribution in [1.82, 2.24) is 4.90 Å². The molecule has 0 aliphatic carbocycles. The number of nitrogens with one attached hydrogen (secondary N) is 1. The lowest BCUT2D eigenvalue weighted by atomic mass is 10.2. The molecule has 2 rings (SSSR count). The smallest absolute Gasteiger partial charge is 0.153 e. The van der Waals surface area contributed by atoms with Crippen LogP contribution in [-0.2, 0) is 9.84 Å². The van der Waals surface area contributed by atoms with Gasteiger partial charge in [-0.05, 0) is 0 Å². The SMILES string of the molecule is N=C(c1ccccc1)N1CCS(=O)(=O)CC1. The molecule has 5 heteroatoms. The van der Waals surface area contributed by atoms with E-state index < -0.39 is 9.84 Å². The van der Waals surface area contributed by atoms with Gasteiger partial charge in [0.25, 0.3) is 0 Å². The third-order valence-corrected chi connectivity index (χ3v) is 4.32. The Balaban J connectivity index is 2.08. The van der Waals surface area contributed by atoms with Gasteiger partial charge in [0, 0.05) is 18.7 Å². The highest BCUT2D eigenvalue weighted by Crippen LogP contribution is 2.09. The summed E-state index contributed by atoms with van der Waals surface area (Å²) in [6, 6.07) is 9.39. The first kappa shape index (κ1) is 11.1. The molecular formula is C11H14N2O2S. The van der Waals surface area contributed by atoms with Gasteiger partial charge in [-0.3, -0.25) is 5.41 Å². The van der Waals surface area contributed by atoms with Crippen molar-refractivity contribution in [3.8, 4) is 0 Å². The molecule has 1 heterocycles. The number of amidine groups is 1. The molecule has 1 aliphatic heterocycles. The van der Waals surface area contributed by atoms with Crippen LogP contribution in [-0.4, -0.2) is 43.7 Å². The molecule has 0 radical (unpaired) electrons. The van der Waals surface area contributed by atoms with Crippen LogP contribution in [0.25, 0.3) is 0 Å². The highest BCUT2D eigenvalue weighted by Gasteiger charge is 2.23. The zero-order valence-electron chi connectivity index (χ0n) is 8.89. The van der Waals surface area contributed by atoms with E-state index in [1.54, 1.807) is 0 Å². The first-order valence-electron chi connectivity index (χ1n) is 5.18. The summed E-state index contributed by atoms with van der Waals surface area (Å²) < 4.78 is 22.5. The lowest BCUT2D eigenvalue weighted by molar-refractivity contribution is 0.441. The highest BCUT2D eigenvalue weighted by molar-refractivity contribution is 7.91. The first-order chi connectivity index (χ1) is 7.58. The summed E-state index contributed by atoms with van der Waals surface area (Å²) in [5, 5.41) is 7.98. The maximum atomic E-state index is 11.3. The van der Waals surface area contributed by atoms with Crippen molar-refractivity contribution in [2.75, 3.05) is 24.6 Å². The fraction of sp³-hybridized carbons (Fsp3) is 0.364. The van der Waals surface area contributed by atoms with E-state index in [2.05, 4.69) is 0 Å². The van der Waals surface area contributed by atoms with Crippen LogP contribution in [0.3, 0.4) is 0 Å². The standard InChI is InChI=1S/C11H14N2O2S/c12-11(10-4-2-1-3-5-10)13-6-8-16(14,15)9-7-13/h1-5,12H,6-9H2. The Morgan fingerprint density at radius 2 is 1.69 bits per heavy atom. The number of benzene rings is 1. The molecule has 0 bridgehead atoms. The molecular weight excluding hydrogens is 224 g/mol. The fourth-order valence-corrected chi connectivity index (χ4v) is 2.92. The largest absolute Gasteiger partial charge is 0.355 e. The Morgan fingerprint density at radius 3 is 2.25 bits per heavy atom. The molecule has 0 amide bonds. The lowest BCUT2D eigenvalue weighted by Crippen LogP contribution is -2.43. The van der Waals surface area contributed by atoms with Crippen molar-refractivity contribution in [3.63, 3.8) is 0 Å². The van der Waals surface area contributed by atoms with Gasteiger partial charge in [-0.25, -0.2) is 8.42 Å². The Hall–Kier alpha value is -1.36. The summed E-state index contributed by atoms with van der Waals surface area (Å²) >= 11 is 0. The van der Waals surface area contributed by atoms with Gasteiger partial charge >= 0.3 is 0 Å². The van der Waals surface area contributed by atoms with Crippen LogP contribution in [0.1, 0.15) is 5.56 Å². The topological polar surface area (TPSA) is 61.2 Å². The van der Waals surface area contributed by atoms with E-state index in [1.807, 2.05) is 35.2 Å². The van der Waals surface area contributed by atoms with Crippen LogP contribution in [0.4, 0.5) is 0 Å². The number of nitrogens with zero attached hydrogens (tertiary/aromatic N) is 1. The van der Waals surface area contributed by atoms with Gasteiger partial charge in [0.2, 0.25) is 0 Å². The second-order valence-corrected chi connectivity index (χ2v) is 6.16. The molecule has 0 aromatic heterocycles. The van der Waals surface area contributed by atoms with Gasteiger partial charge in [0.1, 0.15) is 5.84 Å². The van der Waals surface area contributed by atoms with Gasteiger partial charge in [0.15, 0.2) is 9.84 Å². The number of hydrogen-bond donors (Lipinski definition) is 1. The molecule has 1 aromatic rings. The number of sulfone groups is 1. The fourth-order valence-electron chi connectivity index (χ4n) is 1.71. The molecule has 0 atom stereocenters. The molecule has 1 fully saturated rings. The van der Waals surface area contributed by atoms with Crippen LogP contribution in [0.15, 0.2) is 30.3 Å². The predicted molar refractivity (Wildman–Crippen MR) is 63.5 cm³/mol. The Labute approximate surface area is 95.3 Å². The van der Waals surface area contributed by atoms with Crippen molar-refractivity contribution in [3.05, 3.63) is 35.9 Å². The summed E-state index contributed by atoms with van der Waals surface area (Å²) in [6.07, 6.45) is 0. The monoisotopic (exact) mass is 238 g/mol. The van der Waals surface area contributed by atoms with E-state index in [4.69, 9.17) is 5.41 Å². The third-order valence-electron chi connectivity index (χ3n) is 2.71. The van der Waals surface area contributed by atoms with Gasteiger partial charge in [-0.1, -0.05) is 30.3 Å². The lowest BCUT2D eigenvalue weighted by Gasteiger charge is -2.28. The van der Waals surface area contributed by atoms with E-state index in [0.29, 0.717) is 18.9 Å². The van der Waals surface area contributed by atoms with Crippen molar-refractivity contribution in [1.29, 1.82) is 5.41 Å². The van der Waals surface area contributed by atoms with Crippen LogP contribution in [0, 0.1) is 5.41 Å². The van der Waals surface area contributed by atoms with Gasteiger partial charge in [-0.15, -0.1) is 0 Å². The molecule has 1 N–H and O–H groups in total. The zero-order chi connectivity index (χ0) is 11.6. The first-order valence-corrected chi connectivity index (χ1v) is 7.00. The van der Waals surface area contributed by atoms with E-state index >= 15 is 0 Å². The summed E-state index contributed by atoms with van der Waals surface area (Å²) in [5.41, 5.74) is 0.835. The predicted octanol–water partition coefficient (Wildman–Crippen LogP) is 0.742. The number of rotatable bonds is 1. The minimum atomic E-state index is -2.87. The third kappa shape index (κ3) is 2.41. The molecule has 0 saturated carbocycles. The maximum Gasteiger partial charge on any atom is 0.153 e. The number of hydrogen-bond acceptors (Lipinski definition) is 3. The minimum absolute atomic E-state index is 0.155. The van der Waals surface area contributed by atoms with Gasteiger partial charge in [-0.2, -0.15) is 0 Å². The molecule has 1 aliphatic rings. The second-order valence-electron chi connectivity index (χ2n) is 3.85. The average molecular weight is 238 g/mol. The van der Waals surface area contributed by atoms with Crippen LogP contribution < -0.4 is 0 Å². The molecule has 4 nitrogen and oxygen atoms in total. The van der Waals surface area contributed by atoms with E-state index in [1.165, 1.54) is 0 Å². The quantitative estimate of drug-likeness (QED) is 0.580. The van der Waals surface area contributed by atoms with Gasteiger partial charge in [0.05, 0.1) is 11.5 Å². The van der Waals surface area contributed by atoms with E-state index in [0.717, 1.165) is 5.56 Å². The van der Waals surface area contributed by atoms with Crippen molar-refractivity contribution in [2.24, 2.45) is 0 Å². The summed E-state index contributed by atoms with van der Waals surface area (Å²) in [6.45, 7) is 0.853. The second kappa shape index (κ2) is 4.25. The molecule has 86 valence electrons. The maximum absolute atomic E-state index is 11.3. The molecule has 1 saturated heterocycles. The van der Waals surface area contributed by atoms with Crippen LogP contribution in [0.2, 0.25) is 0 Å². The van der Waals surface area contributed by atoms with Crippen LogP contribution >= 0.6 is 0 Å².